The van der Waals surface area contributed by atoms with E-state index in [2.05, 4.69) is 25.4 Å². The molecular formula is C21H18N8O10S3. The number of carbonyl (C=O) groups excluding carboxylic acids is 3. The minimum absolute atomic E-state index is 0.0214. The Hall–Kier alpha value is -4.76. The van der Waals surface area contributed by atoms with Gasteiger partial charge in [0.15, 0.2) is 16.0 Å². The van der Waals surface area contributed by atoms with E-state index in [0.29, 0.717) is 6.29 Å². The van der Waals surface area contributed by atoms with Crippen molar-refractivity contribution in [1.82, 2.24) is 30.0 Å². The van der Waals surface area contributed by atoms with Gasteiger partial charge in [0.25, 0.3) is 11.8 Å². The molecule has 2 unspecified atom stereocenters. The van der Waals surface area contributed by atoms with Crippen molar-refractivity contribution >= 4 is 75.7 Å². The van der Waals surface area contributed by atoms with Crippen LogP contribution in [0.2, 0.25) is 0 Å². The third-order valence-electron chi connectivity index (χ3n) is 5.43. The highest BCUT2D eigenvalue weighted by Crippen LogP contribution is 2.41. The lowest BCUT2D eigenvalue weighted by molar-refractivity contribution is -0.150. The first-order valence-corrected chi connectivity index (χ1v) is 14.2. The van der Waals surface area contributed by atoms with Crippen LogP contribution >= 0.6 is 34.9 Å². The van der Waals surface area contributed by atoms with Gasteiger partial charge in [0.2, 0.25) is 6.61 Å². The lowest BCUT2D eigenvalue weighted by Gasteiger charge is -2.49. The van der Waals surface area contributed by atoms with Crippen LogP contribution < -0.4 is 22.2 Å². The number of H-pyrrole nitrogens is 1. The largest absolute Gasteiger partial charge is 0.479 e. The number of nitrogens with two attached hydrogens (primary N) is 1. The fourth-order valence-electron chi connectivity index (χ4n) is 3.65. The molecule has 0 saturated carbocycles. The maximum Gasteiger partial charge on any atom is 0.352 e. The Kier molecular flexibility index (Phi) is 9.22. The normalized spacial score (nSPS) is 18.4. The summed E-state index contributed by atoms with van der Waals surface area (Å²) in [6.45, 7) is -1.27. The fraction of sp³-hybridized carbons (Fsp3) is 0.238. The van der Waals surface area contributed by atoms with E-state index in [9.17, 15) is 38.7 Å². The van der Waals surface area contributed by atoms with Crippen molar-refractivity contribution < 1.29 is 39.0 Å². The second kappa shape index (κ2) is 12.8. The Bertz CT molecular complexity index is 1680. The van der Waals surface area contributed by atoms with Gasteiger partial charge in [-0.2, -0.15) is 0 Å². The smallest absolute Gasteiger partial charge is 0.352 e. The molecule has 18 nitrogen and oxygen atoms in total. The Labute approximate surface area is 245 Å². The minimum Gasteiger partial charge on any atom is -0.479 e. The molecule has 0 bridgehead atoms. The third kappa shape index (κ3) is 6.26. The topological polar surface area (TPSA) is 269 Å². The molecule has 0 radical (unpaired) electrons. The number of nitrogens with zero attached hydrogens (tertiary/aromatic N) is 5. The standard InChI is InChI=1S/C21H18N8O10S3/c22-20-23-9(7-42-20)11(27-39-5-10(31)32)14(33)24-12-16(35)29-13(19(37)38)8(6-41-18(12)29)1-4-40-21-26-25-15(34)17(36)28(21)2-3-30/h1,3-4,7,12,18H,2,5-6H2,(H2,22,23)(H,24,33)(H,25,34)(H,31,32)(H,37,38)/b4-1+,27-11+. The van der Waals surface area contributed by atoms with Gasteiger partial charge in [0, 0.05) is 11.1 Å². The molecule has 1 fully saturated rings. The molecule has 2 aromatic rings. The van der Waals surface area contributed by atoms with E-state index in [1.165, 1.54) is 16.9 Å². The van der Waals surface area contributed by atoms with Crippen LogP contribution in [0.25, 0.3) is 0 Å². The van der Waals surface area contributed by atoms with Crippen LogP contribution in [0.5, 0.6) is 0 Å². The summed E-state index contributed by atoms with van der Waals surface area (Å²) in [5.74, 6) is -4.32. The number of aromatic nitrogens is 4. The zero-order valence-corrected chi connectivity index (χ0v) is 23.2. The van der Waals surface area contributed by atoms with E-state index >= 15 is 0 Å². The van der Waals surface area contributed by atoms with Crippen molar-refractivity contribution in [3.05, 3.63) is 54.5 Å². The molecule has 6 N–H and O–H groups in total. The third-order valence-corrected chi connectivity index (χ3v) is 8.20. The first-order chi connectivity index (χ1) is 20.0. The summed E-state index contributed by atoms with van der Waals surface area (Å²) < 4.78 is 0.843. The second-order valence-electron chi connectivity index (χ2n) is 8.06. The number of fused-ring (bicyclic) bond motifs is 1. The molecule has 21 heteroatoms. The Morgan fingerprint density at radius 3 is 2.71 bits per heavy atom. The van der Waals surface area contributed by atoms with Crippen LogP contribution in [0.3, 0.4) is 0 Å². The number of aldehydes is 1. The Morgan fingerprint density at radius 1 is 1.31 bits per heavy atom. The number of thioether (sulfide) groups is 2. The van der Waals surface area contributed by atoms with Gasteiger partial charge < -0.3 is 30.9 Å². The van der Waals surface area contributed by atoms with Gasteiger partial charge in [0.1, 0.15) is 29.1 Å². The number of nitrogen functional groups attached to an aromatic ring is 1. The van der Waals surface area contributed by atoms with Gasteiger partial charge in [0.05, 0.1) is 6.54 Å². The minimum atomic E-state index is -1.41. The first kappa shape index (κ1) is 30.2. The number of β-lactam (4-membered cyclic amide) rings is 1. The predicted octanol–water partition coefficient (Wildman–Crippen LogP) is -1.98. The van der Waals surface area contributed by atoms with Gasteiger partial charge in [-0.1, -0.05) is 16.9 Å². The number of nitrogens with one attached hydrogen (secondary N) is 2. The summed E-state index contributed by atoms with van der Waals surface area (Å²) in [7, 11) is 0. The molecule has 2 aromatic heterocycles. The van der Waals surface area contributed by atoms with E-state index < -0.39 is 65.2 Å². The van der Waals surface area contributed by atoms with Crippen LogP contribution in [-0.4, -0.2) is 94.4 Å². The van der Waals surface area contributed by atoms with Crippen LogP contribution in [0.1, 0.15) is 5.69 Å². The summed E-state index contributed by atoms with van der Waals surface area (Å²) in [6, 6.07) is -1.15. The summed E-state index contributed by atoms with van der Waals surface area (Å²) in [5.41, 5.74) is 3.03. The number of allylic oxidation sites excluding steroid dienone is 1. The number of anilines is 1. The Balaban J connectivity index is 1.52. The highest BCUT2D eigenvalue weighted by Gasteiger charge is 2.54. The van der Waals surface area contributed by atoms with Gasteiger partial charge in [-0.25, -0.2) is 19.7 Å². The van der Waals surface area contributed by atoms with E-state index in [1.807, 2.05) is 5.10 Å². The Morgan fingerprint density at radius 2 is 2.07 bits per heavy atom. The number of hydrogen-bond acceptors (Lipinski definition) is 15. The molecular weight excluding hydrogens is 620 g/mol. The van der Waals surface area contributed by atoms with Gasteiger partial charge >= 0.3 is 23.1 Å². The highest BCUT2D eigenvalue weighted by molar-refractivity contribution is 8.02. The highest BCUT2D eigenvalue weighted by atomic mass is 32.2. The van der Waals surface area contributed by atoms with Crippen LogP contribution in [0, 0.1) is 0 Å². The molecule has 0 aromatic carbocycles. The van der Waals surface area contributed by atoms with E-state index in [4.69, 9.17) is 10.8 Å². The van der Waals surface area contributed by atoms with Crippen molar-refractivity contribution in [1.29, 1.82) is 0 Å². The van der Waals surface area contributed by atoms with Crippen LogP contribution in [0.15, 0.2) is 48.0 Å². The van der Waals surface area contributed by atoms with Crippen molar-refractivity contribution in [3.63, 3.8) is 0 Å². The van der Waals surface area contributed by atoms with E-state index in [-0.39, 0.29) is 33.0 Å². The number of carboxylic acid groups (broad SMARTS) is 2. The number of aliphatic carboxylic acids is 2. The molecule has 220 valence electrons. The average Bonchev–Trinajstić information content (AvgIpc) is 3.38. The van der Waals surface area contributed by atoms with Crippen molar-refractivity contribution in [2.75, 3.05) is 18.1 Å². The van der Waals surface area contributed by atoms with E-state index in [0.717, 1.165) is 44.3 Å². The summed E-state index contributed by atoms with van der Waals surface area (Å²) in [4.78, 5) is 92.9. The first-order valence-electron chi connectivity index (χ1n) is 11.3. The van der Waals surface area contributed by atoms with Gasteiger partial charge in [-0.3, -0.25) is 28.6 Å². The van der Waals surface area contributed by atoms with Crippen LogP contribution in [-0.2, 0) is 35.4 Å². The number of hydrogen-bond donors (Lipinski definition) is 5. The van der Waals surface area contributed by atoms with Crippen molar-refractivity contribution in [2.45, 2.75) is 23.1 Å². The zero-order valence-electron chi connectivity index (χ0n) is 20.8. The molecule has 4 heterocycles. The monoisotopic (exact) mass is 638 g/mol. The predicted molar refractivity (Wildman–Crippen MR) is 147 cm³/mol. The van der Waals surface area contributed by atoms with Crippen molar-refractivity contribution in [2.24, 2.45) is 5.16 Å². The lowest BCUT2D eigenvalue weighted by atomic mass is 10.0. The van der Waals surface area contributed by atoms with E-state index in [1.54, 1.807) is 0 Å². The second-order valence-corrected chi connectivity index (χ2v) is 10.9. The molecule has 42 heavy (non-hydrogen) atoms. The fourth-order valence-corrected chi connectivity index (χ4v) is 6.26. The van der Waals surface area contributed by atoms with Gasteiger partial charge in [-0.05, 0) is 17.1 Å². The number of aromatic amines is 1. The zero-order chi connectivity index (χ0) is 30.6. The number of amides is 2. The summed E-state index contributed by atoms with van der Waals surface area (Å²) >= 11 is 2.96. The van der Waals surface area contributed by atoms with Crippen LogP contribution in [0.4, 0.5) is 5.13 Å². The number of rotatable bonds is 12. The molecule has 2 atom stereocenters. The number of thiazole rings is 1. The summed E-state index contributed by atoms with van der Waals surface area (Å²) in [6.07, 6.45) is 1.80. The quantitative estimate of drug-likeness (QED) is 0.0421. The number of carbonyl (C=O) groups is 5. The molecule has 2 aliphatic heterocycles. The van der Waals surface area contributed by atoms with Gasteiger partial charge in [-0.15, -0.1) is 28.2 Å². The molecule has 4 rings (SSSR count). The molecule has 1 saturated heterocycles. The molecule has 0 aliphatic carbocycles. The molecule has 0 spiro atoms. The SMILES string of the molecule is Nc1nc(/C(=N\OCC(=O)O)C(=O)NC2C(=O)N3C(C(=O)O)=C(/C=C/Sc4n[nH]c(=O)c(=O)n4CC=O)CSC23)cs1. The molecule has 2 amide bonds. The number of carboxylic acids is 2. The van der Waals surface area contributed by atoms with Crippen molar-refractivity contribution in [3.8, 4) is 0 Å². The maximum absolute atomic E-state index is 13.0. The maximum atomic E-state index is 13.0. The average molecular weight is 639 g/mol. The summed E-state index contributed by atoms with van der Waals surface area (Å²) in [5, 5.41) is 32.4. The number of oxime groups is 1. The lowest BCUT2D eigenvalue weighted by Crippen LogP contribution is -2.71. The molecule has 2 aliphatic rings.